The first-order valence-corrected chi connectivity index (χ1v) is 8.82. The first kappa shape index (κ1) is 18.2. The van der Waals surface area contributed by atoms with Crippen molar-refractivity contribution in [2.45, 2.75) is 64.6 Å². The van der Waals surface area contributed by atoms with Crippen molar-refractivity contribution in [1.82, 2.24) is 0 Å². The Labute approximate surface area is 138 Å². The van der Waals surface area contributed by atoms with Crippen molar-refractivity contribution in [1.29, 1.82) is 0 Å². The van der Waals surface area contributed by atoms with E-state index in [1.165, 1.54) is 18.4 Å². The maximum atomic E-state index is 10.5. The van der Waals surface area contributed by atoms with E-state index in [9.17, 15) is 20.1 Å². The topological polar surface area (TPSA) is 80.6 Å². The number of carbonyl (C=O) groups is 1. The average molecular weight is 321 g/mol. The largest absolute Gasteiger partial charge is 0.550 e. The van der Waals surface area contributed by atoms with Gasteiger partial charge in [0.2, 0.25) is 0 Å². The van der Waals surface area contributed by atoms with Crippen LogP contribution in [0.5, 0.6) is 0 Å². The fourth-order valence-electron chi connectivity index (χ4n) is 4.11. The number of fused-ring (bicyclic) bond motifs is 1. The molecule has 0 aliphatic heterocycles. The van der Waals surface area contributed by atoms with Crippen molar-refractivity contribution in [3.05, 3.63) is 23.8 Å². The molecule has 0 aromatic heterocycles. The van der Waals surface area contributed by atoms with Gasteiger partial charge in [0.1, 0.15) is 0 Å². The van der Waals surface area contributed by atoms with Crippen LogP contribution >= 0.6 is 0 Å². The van der Waals surface area contributed by atoms with Crippen LogP contribution < -0.4 is 5.11 Å². The highest BCUT2D eigenvalue weighted by Crippen LogP contribution is 2.43. The predicted molar refractivity (Wildman–Crippen MR) is 87.3 cm³/mol. The highest BCUT2D eigenvalue weighted by molar-refractivity contribution is 5.64. The molecule has 0 saturated carbocycles. The van der Waals surface area contributed by atoms with Gasteiger partial charge in [-0.15, -0.1) is 0 Å². The van der Waals surface area contributed by atoms with Gasteiger partial charge in [-0.25, -0.2) is 0 Å². The van der Waals surface area contributed by atoms with Gasteiger partial charge in [0, 0.05) is 12.4 Å². The molecule has 23 heavy (non-hydrogen) atoms. The molecule has 0 bridgehead atoms. The Balaban J connectivity index is 1.88. The SMILES string of the molecule is C[C@H]1C=C2C=C[C@H](C)[C@H](CC[C@@H](O)C[C@@H](O)CC(=O)[O-])[C@H]2CC1. The fourth-order valence-corrected chi connectivity index (χ4v) is 4.11. The monoisotopic (exact) mass is 321 g/mol. The van der Waals surface area contributed by atoms with Gasteiger partial charge in [-0.3, -0.25) is 0 Å². The fraction of sp³-hybridized carbons (Fsp3) is 0.737. The van der Waals surface area contributed by atoms with Crippen LogP contribution in [0.2, 0.25) is 0 Å². The van der Waals surface area contributed by atoms with E-state index in [2.05, 4.69) is 32.1 Å². The molecule has 2 aliphatic rings. The Bertz CT molecular complexity index is 468. The summed E-state index contributed by atoms with van der Waals surface area (Å²) in [5.74, 6) is 0.955. The number of allylic oxidation sites excluding steroid dienone is 4. The lowest BCUT2D eigenvalue weighted by Crippen LogP contribution is -2.31. The molecule has 0 heterocycles. The van der Waals surface area contributed by atoms with E-state index in [4.69, 9.17) is 0 Å². The molecule has 0 amide bonds. The van der Waals surface area contributed by atoms with Crippen LogP contribution in [0, 0.1) is 23.7 Å². The highest BCUT2D eigenvalue weighted by Gasteiger charge is 2.33. The molecule has 0 saturated heterocycles. The van der Waals surface area contributed by atoms with Crippen LogP contribution in [0.15, 0.2) is 23.8 Å². The standard InChI is InChI=1S/C19H30O4/c1-12-3-7-18-14(9-12)5-4-13(2)17(18)8-6-15(20)10-16(21)11-19(22)23/h4-5,9,12-13,15-18,20-21H,3,6-8,10-11H2,1-2H3,(H,22,23)/p-1/t12-,13+,15-,16-,17+,18+/m1/s1. The predicted octanol–water partition coefficient (Wildman–Crippen LogP) is 1.81. The summed E-state index contributed by atoms with van der Waals surface area (Å²) in [5.41, 5.74) is 1.44. The number of aliphatic hydroxyl groups is 2. The third-order valence-electron chi connectivity index (χ3n) is 5.40. The Kier molecular flexibility index (Phi) is 6.42. The van der Waals surface area contributed by atoms with Crippen molar-refractivity contribution in [2.24, 2.45) is 23.7 Å². The van der Waals surface area contributed by atoms with E-state index in [0.717, 1.165) is 6.42 Å². The van der Waals surface area contributed by atoms with Gasteiger partial charge in [0.15, 0.2) is 0 Å². The molecule has 2 rings (SSSR count). The molecule has 2 aliphatic carbocycles. The number of aliphatic carboxylic acids is 1. The number of rotatable bonds is 7. The Morgan fingerprint density at radius 1 is 1.30 bits per heavy atom. The van der Waals surface area contributed by atoms with E-state index in [-0.39, 0.29) is 6.42 Å². The summed E-state index contributed by atoms with van der Waals surface area (Å²) in [5, 5.41) is 30.1. The molecule has 6 atom stereocenters. The smallest absolute Gasteiger partial charge is 0.0616 e. The summed E-state index contributed by atoms with van der Waals surface area (Å²) in [4.78, 5) is 10.5. The Morgan fingerprint density at radius 2 is 2.04 bits per heavy atom. The van der Waals surface area contributed by atoms with Crippen LogP contribution in [0.1, 0.15) is 52.4 Å². The van der Waals surface area contributed by atoms with Gasteiger partial charge < -0.3 is 20.1 Å². The molecule has 0 aromatic rings. The van der Waals surface area contributed by atoms with Crippen LogP contribution in [0.25, 0.3) is 0 Å². The molecule has 4 heteroatoms. The van der Waals surface area contributed by atoms with Gasteiger partial charge in [-0.2, -0.15) is 0 Å². The lowest BCUT2D eigenvalue weighted by atomic mass is 9.66. The zero-order chi connectivity index (χ0) is 17.0. The summed E-state index contributed by atoms with van der Waals surface area (Å²) in [6.07, 6.45) is 8.86. The summed E-state index contributed by atoms with van der Waals surface area (Å²) in [7, 11) is 0. The van der Waals surface area contributed by atoms with Crippen LogP contribution in [0.3, 0.4) is 0 Å². The van der Waals surface area contributed by atoms with Crippen molar-refractivity contribution < 1.29 is 20.1 Å². The van der Waals surface area contributed by atoms with Crippen molar-refractivity contribution in [3.8, 4) is 0 Å². The number of hydrogen-bond donors (Lipinski definition) is 2. The van der Waals surface area contributed by atoms with Crippen LogP contribution in [-0.4, -0.2) is 28.4 Å². The van der Waals surface area contributed by atoms with E-state index in [0.29, 0.717) is 30.1 Å². The molecular formula is C19H29O4-. The second-order valence-corrected chi connectivity index (χ2v) is 7.41. The number of aliphatic hydroxyl groups excluding tert-OH is 2. The maximum absolute atomic E-state index is 10.5. The molecule has 0 aromatic carbocycles. The summed E-state index contributed by atoms with van der Waals surface area (Å²) in [6.45, 7) is 4.49. The molecule has 0 spiro atoms. The minimum atomic E-state index is -1.28. The minimum Gasteiger partial charge on any atom is -0.550 e. The molecule has 4 nitrogen and oxygen atoms in total. The molecule has 2 N–H and O–H groups in total. The summed E-state index contributed by atoms with van der Waals surface area (Å²) >= 11 is 0. The zero-order valence-electron chi connectivity index (χ0n) is 14.1. The van der Waals surface area contributed by atoms with Crippen molar-refractivity contribution in [3.63, 3.8) is 0 Å². The van der Waals surface area contributed by atoms with E-state index in [1.54, 1.807) is 0 Å². The lowest BCUT2D eigenvalue weighted by molar-refractivity contribution is -0.307. The van der Waals surface area contributed by atoms with E-state index >= 15 is 0 Å². The van der Waals surface area contributed by atoms with E-state index in [1.807, 2.05) is 0 Å². The maximum Gasteiger partial charge on any atom is 0.0616 e. The van der Waals surface area contributed by atoms with E-state index < -0.39 is 24.6 Å². The zero-order valence-corrected chi connectivity index (χ0v) is 14.1. The van der Waals surface area contributed by atoms with Gasteiger partial charge in [-0.05, 0) is 61.3 Å². The average Bonchev–Trinajstić information content (AvgIpc) is 2.45. The van der Waals surface area contributed by atoms with Gasteiger partial charge >= 0.3 is 0 Å². The van der Waals surface area contributed by atoms with Crippen molar-refractivity contribution >= 4 is 5.97 Å². The van der Waals surface area contributed by atoms with Crippen molar-refractivity contribution in [2.75, 3.05) is 0 Å². The molecule has 130 valence electrons. The third-order valence-corrected chi connectivity index (χ3v) is 5.40. The minimum absolute atomic E-state index is 0.106. The van der Waals surface area contributed by atoms with Gasteiger partial charge in [-0.1, -0.05) is 32.1 Å². The molecular weight excluding hydrogens is 292 g/mol. The summed E-state index contributed by atoms with van der Waals surface area (Å²) < 4.78 is 0. The normalized spacial score (nSPS) is 32.8. The first-order chi connectivity index (χ1) is 10.9. The highest BCUT2D eigenvalue weighted by atomic mass is 16.4. The molecule has 0 radical (unpaired) electrons. The Hall–Kier alpha value is -1.13. The second-order valence-electron chi connectivity index (χ2n) is 7.41. The van der Waals surface area contributed by atoms with Gasteiger partial charge in [0.05, 0.1) is 12.2 Å². The van der Waals surface area contributed by atoms with Crippen LogP contribution in [0.4, 0.5) is 0 Å². The third kappa shape index (κ3) is 5.18. The van der Waals surface area contributed by atoms with Crippen LogP contribution in [-0.2, 0) is 4.79 Å². The molecule has 0 unspecified atom stereocenters. The molecule has 0 fully saturated rings. The Morgan fingerprint density at radius 3 is 2.74 bits per heavy atom. The lowest BCUT2D eigenvalue weighted by Gasteiger charge is -2.39. The number of carboxylic acid groups (broad SMARTS) is 1. The first-order valence-electron chi connectivity index (χ1n) is 8.82. The second kappa shape index (κ2) is 8.11. The number of carboxylic acids is 1. The number of hydrogen-bond acceptors (Lipinski definition) is 4. The quantitative estimate of drug-likeness (QED) is 0.749. The van der Waals surface area contributed by atoms with Gasteiger partial charge in [0.25, 0.3) is 0 Å². The summed E-state index contributed by atoms with van der Waals surface area (Å²) in [6, 6.07) is 0. The number of carbonyl (C=O) groups excluding carboxylic acids is 1.